The Morgan fingerprint density at radius 3 is 2.32 bits per heavy atom. The predicted molar refractivity (Wildman–Crippen MR) is 228 cm³/mol. The van der Waals surface area contributed by atoms with Crippen LogP contribution in [-0.2, 0) is 48.7 Å². The fourth-order valence-electron chi connectivity index (χ4n) is 8.75. The molecule has 4 fully saturated rings. The van der Waals surface area contributed by atoms with Gasteiger partial charge in [0.25, 0.3) is 11.8 Å². The van der Waals surface area contributed by atoms with E-state index in [0.717, 1.165) is 36.2 Å². The number of amides is 5. The van der Waals surface area contributed by atoms with Crippen LogP contribution in [0.25, 0.3) is 0 Å². The summed E-state index contributed by atoms with van der Waals surface area (Å²) in [4.78, 5) is 77.3. The second kappa shape index (κ2) is 16.4. The Bertz CT molecular complexity index is 2110. The first-order chi connectivity index (χ1) is 27.9. The highest BCUT2D eigenvalue weighted by Gasteiger charge is 2.62. The van der Waals surface area contributed by atoms with Crippen LogP contribution in [0.2, 0.25) is 0 Å². The molecule has 2 aliphatic carbocycles. The van der Waals surface area contributed by atoms with Gasteiger partial charge in [-0.3, -0.25) is 28.8 Å². The molecule has 2 saturated heterocycles. The summed E-state index contributed by atoms with van der Waals surface area (Å²) < 4.78 is 33.9. The maximum Gasteiger partial charge on any atom is 0.410 e. The minimum atomic E-state index is -3.88. The number of ether oxygens (including phenoxy) is 1. The van der Waals surface area contributed by atoms with Gasteiger partial charge in [-0.2, -0.15) is 0 Å². The highest BCUT2D eigenvalue weighted by atomic mass is 32.2. The van der Waals surface area contributed by atoms with E-state index in [0.29, 0.717) is 56.7 Å². The zero-order valence-corrected chi connectivity index (χ0v) is 35.9. The summed E-state index contributed by atoms with van der Waals surface area (Å²) in [6.45, 7) is 13.1. The van der Waals surface area contributed by atoms with Crippen molar-refractivity contribution in [2.24, 2.45) is 11.3 Å². The minimum Gasteiger partial charge on any atom is -0.444 e. The molecule has 0 spiro atoms. The van der Waals surface area contributed by atoms with Crippen LogP contribution in [0.3, 0.4) is 0 Å². The number of fused-ring (bicyclic) bond motifs is 1. The van der Waals surface area contributed by atoms with Gasteiger partial charge in [0.1, 0.15) is 23.7 Å². The topological polar surface area (TPSA) is 178 Å². The van der Waals surface area contributed by atoms with Crippen molar-refractivity contribution in [1.29, 1.82) is 0 Å². The molecule has 2 saturated carbocycles. The first-order valence-corrected chi connectivity index (χ1v) is 22.6. The number of piperazine rings is 1. The molecule has 0 radical (unpaired) electrons. The highest BCUT2D eigenvalue weighted by Crippen LogP contribution is 2.47. The van der Waals surface area contributed by atoms with Crippen LogP contribution < -0.4 is 15.4 Å². The monoisotopic (exact) mass is 839 g/mol. The number of carbonyl (C=O) groups excluding carboxylic acids is 5. The molecule has 7 rings (SSSR count). The van der Waals surface area contributed by atoms with Crippen LogP contribution in [0.1, 0.15) is 98.1 Å². The van der Waals surface area contributed by atoms with Gasteiger partial charge < -0.3 is 30.1 Å². The molecule has 0 bridgehead atoms. The SMILES string of the molecule is CCc1cccc2c1CN(C(=O)O[C@@H]1C[C@@H](C(=O)N[C@]3(C(=O)NS(=O)(=O)C4CC4)C[C@H]3CC)N(C(=O)[C@@H](Nc3cccc(C(=O)N4CCN(C)CC4)c3)C(C)(C)C)C1)C2.[HH].[HH].[HH]. The third-order valence-corrected chi connectivity index (χ3v) is 14.5. The quantitative estimate of drug-likeness (QED) is 0.281. The summed E-state index contributed by atoms with van der Waals surface area (Å²) in [5, 5.41) is 5.63. The number of aryl methyl sites for hydroxylation is 1. The Hall–Kier alpha value is -4.70. The Balaban J connectivity index is 0.00000282. The van der Waals surface area contributed by atoms with E-state index in [1.54, 1.807) is 29.2 Å². The lowest BCUT2D eigenvalue weighted by molar-refractivity contribution is -0.141. The highest BCUT2D eigenvalue weighted by molar-refractivity contribution is 7.91. The largest absolute Gasteiger partial charge is 0.444 e. The van der Waals surface area contributed by atoms with Crippen molar-refractivity contribution in [3.63, 3.8) is 0 Å². The number of rotatable bonds is 12. The molecule has 0 unspecified atom stereocenters. The molecule has 59 heavy (non-hydrogen) atoms. The molecule has 3 N–H and O–H groups in total. The van der Waals surface area contributed by atoms with Crippen LogP contribution in [0.5, 0.6) is 0 Å². The maximum absolute atomic E-state index is 14.9. The number of likely N-dealkylation sites (tertiary alicyclic amines) is 1. The molecule has 2 aromatic rings. The Kier molecular flexibility index (Phi) is 11.8. The molecule has 2 aromatic carbocycles. The van der Waals surface area contributed by atoms with Gasteiger partial charge in [0.05, 0.1) is 11.8 Å². The smallest absolute Gasteiger partial charge is 0.410 e. The lowest BCUT2D eigenvalue weighted by atomic mass is 9.85. The van der Waals surface area contributed by atoms with Gasteiger partial charge in [-0.15, -0.1) is 0 Å². The fraction of sp³-hybridized carbons (Fsp3) is 0.605. The van der Waals surface area contributed by atoms with E-state index < -0.39 is 68.2 Å². The molecular weight excluding hydrogens is 775 g/mol. The van der Waals surface area contributed by atoms with Crippen molar-refractivity contribution in [2.45, 2.75) is 115 Å². The Morgan fingerprint density at radius 2 is 1.68 bits per heavy atom. The third-order valence-electron chi connectivity index (χ3n) is 12.7. The van der Waals surface area contributed by atoms with Crippen LogP contribution in [0.15, 0.2) is 42.5 Å². The number of nitrogens with zero attached hydrogens (tertiary/aromatic N) is 4. The molecule has 5 atom stereocenters. The van der Waals surface area contributed by atoms with Gasteiger partial charge in [-0.05, 0) is 79.0 Å². The van der Waals surface area contributed by atoms with Gasteiger partial charge in [-0.1, -0.05) is 65.3 Å². The van der Waals surface area contributed by atoms with E-state index in [9.17, 15) is 32.4 Å². The molecule has 5 amide bonds. The summed E-state index contributed by atoms with van der Waals surface area (Å²) in [6, 6.07) is 11.0. The number of sulfonamides is 1. The van der Waals surface area contributed by atoms with Gasteiger partial charge in [-0.25, -0.2) is 13.2 Å². The number of benzene rings is 2. The van der Waals surface area contributed by atoms with E-state index >= 15 is 0 Å². The predicted octanol–water partition coefficient (Wildman–Crippen LogP) is 4.22. The van der Waals surface area contributed by atoms with Gasteiger partial charge >= 0.3 is 6.09 Å². The summed E-state index contributed by atoms with van der Waals surface area (Å²) in [6.07, 6.45) is 1.13. The molecule has 3 heterocycles. The van der Waals surface area contributed by atoms with E-state index in [2.05, 4.69) is 33.2 Å². The molecule has 3 aliphatic heterocycles. The van der Waals surface area contributed by atoms with Crippen LogP contribution in [-0.4, -0.2) is 126 Å². The Morgan fingerprint density at radius 1 is 0.966 bits per heavy atom. The zero-order valence-electron chi connectivity index (χ0n) is 35.1. The third kappa shape index (κ3) is 8.93. The van der Waals surface area contributed by atoms with Crippen LogP contribution in [0.4, 0.5) is 10.5 Å². The molecule has 16 heteroatoms. The van der Waals surface area contributed by atoms with Gasteiger partial charge in [0, 0.05) is 61.2 Å². The second-order valence-corrected chi connectivity index (χ2v) is 20.0. The van der Waals surface area contributed by atoms with Crippen molar-refractivity contribution in [3.05, 3.63) is 64.7 Å². The van der Waals surface area contributed by atoms with Gasteiger partial charge in [0.15, 0.2) is 0 Å². The molecule has 15 nitrogen and oxygen atoms in total. The van der Waals surface area contributed by atoms with E-state index in [1.807, 2.05) is 51.8 Å². The van der Waals surface area contributed by atoms with Gasteiger partial charge in [0.2, 0.25) is 21.8 Å². The number of anilines is 1. The van der Waals surface area contributed by atoms with E-state index in [-0.39, 0.29) is 35.5 Å². The first kappa shape index (κ1) is 42.4. The summed E-state index contributed by atoms with van der Waals surface area (Å²) in [7, 11) is -1.86. The molecular formula is C43H65N7O8S. The molecule has 326 valence electrons. The summed E-state index contributed by atoms with van der Waals surface area (Å²) >= 11 is 0. The maximum atomic E-state index is 14.9. The standard InChI is InChI=1S/C43H59N7O8S.3H2/c1-7-27-11-9-13-29-24-49(26-34(27)29)41(55)58-32-22-35(37(51)45-43(23-30(43)8-2)40(54)46-59(56,57)33-15-16-33)50(25-32)39(53)36(42(3,4)5)44-31-14-10-12-28(21-31)38(52)48-19-17-47(6)18-20-48;;;/h9-14,21,30,32-33,35-36,44H,7-8,15-20,22-26H2,1-6H3,(H,45,51)(H,46,54);3*1H/t30-,32-,35+,36-,43-;;;/m1.../s1. The average molecular weight is 840 g/mol. The van der Waals surface area contributed by atoms with E-state index in [1.165, 1.54) is 4.90 Å². The van der Waals surface area contributed by atoms with Crippen LogP contribution in [0, 0.1) is 11.3 Å². The lowest BCUT2D eigenvalue weighted by Crippen LogP contribution is -2.58. The van der Waals surface area contributed by atoms with Crippen LogP contribution >= 0.6 is 0 Å². The van der Waals surface area contributed by atoms with Crippen molar-refractivity contribution < 1.29 is 41.4 Å². The lowest BCUT2D eigenvalue weighted by Gasteiger charge is -2.36. The van der Waals surface area contributed by atoms with Crippen molar-refractivity contribution >= 4 is 45.4 Å². The van der Waals surface area contributed by atoms with Crippen molar-refractivity contribution in [3.8, 4) is 0 Å². The number of likely N-dealkylation sites (N-methyl/N-ethyl adjacent to an activating group) is 1. The normalized spacial score (nSPS) is 24.9. The summed E-state index contributed by atoms with van der Waals surface area (Å²) in [5.41, 5.74) is 2.20. The zero-order chi connectivity index (χ0) is 42.4. The number of hydrogen-bond donors (Lipinski definition) is 3. The Labute approximate surface area is 352 Å². The van der Waals surface area contributed by atoms with Crippen molar-refractivity contribution in [1.82, 2.24) is 29.6 Å². The number of nitrogens with one attached hydrogen (secondary N) is 3. The first-order valence-electron chi connectivity index (χ1n) is 21.0. The number of hydrogen-bond acceptors (Lipinski definition) is 10. The molecule has 5 aliphatic rings. The average Bonchev–Trinajstić information content (AvgIpc) is 4.09. The van der Waals surface area contributed by atoms with Crippen molar-refractivity contribution in [2.75, 3.05) is 45.1 Å². The van der Waals surface area contributed by atoms with E-state index in [4.69, 9.17) is 4.74 Å². The molecule has 0 aromatic heterocycles. The second-order valence-electron chi connectivity index (χ2n) is 18.1. The fourth-order valence-corrected chi connectivity index (χ4v) is 10.1. The minimum absolute atomic E-state index is 0. The number of carbonyl (C=O) groups is 5. The summed E-state index contributed by atoms with van der Waals surface area (Å²) in [5.74, 6) is -2.22.